The van der Waals surface area contributed by atoms with E-state index in [9.17, 15) is 8.42 Å². The molecule has 1 aromatic carbocycles. The molecule has 0 fully saturated rings. The highest BCUT2D eigenvalue weighted by atomic mass is 79.9. The molecule has 122 valence electrons. The largest absolute Gasteiger partial charge is 0.493 e. The Hall–Kier alpha value is -0.540. The minimum Gasteiger partial charge on any atom is -0.493 e. The standard InChI is InChI=1S/C12H19BrN2O4S.ClH/c1-12(2,7-14)15-20(16,17)11-6-10(19-4)9(18-3)5-8(11)13;/h5-6,15H,7,14H2,1-4H3;1H. The van der Waals surface area contributed by atoms with Gasteiger partial charge < -0.3 is 15.2 Å². The van der Waals surface area contributed by atoms with Crippen LogP contribution in [0, 0.1) is 0 Å². The van der Waals surface area contributed by atoms with Gasteiger partial charge in [0.1, 0.15) is 4.90 Å². The van der Waals surface area contributed by atoms with Crippen molar-refractivity contribution in [2.24, 2.45) is 5.73 Å². The normalized spacial score (nSPS) is 11.7. The van der Waals surface area contributed by atoms with Crippen LogP contribution in [0.1, 0.15) is 13.8 Å². The Morgan fingerprint density at radius 1 is 1.24 bits per heavy atom. The number of nitrogens with one attached hydrogen (secondary N) is 1. The Kier molecular flexibility index (Phi) is 7.44. The summed E-state index contributed by atoms with van der Waals surface area (Å²) in [6.45, 7) is 3.59. The van der Waals surface area contributed by atoms with Crippen LogP contribution in [0.2, 0.25) is 0 Å². The number of hydrogen-bond donors (Lipinski definition) is 2. The number of halogens is 2. The molecule has 21 heavy (non-hydrogen) atoms. The predicted octanol–water partition coefficient (Wildman–Crippen LogP) is 1.90. The molecule has 0 saturated heterocycles. The fraction of sp³-hybridized carbons (Fsp3) is 0.500. The number of ether oxygens (including phenoxy) is 2. The third-order valence-corrected chi connectivity index (χ3v) is 5.31. The summed E-state index contributed by atoms with van der Waals surface area (Å²) >= 11 is 3.23. The van der Waals surface area contributed by atoms with Gasteiger partial charge in [0.05, 0.1) is 14.2 Å². The molecule has 0 saturated carbocycles. The summed E-state index contributed by atoms with van der Waals surface area (Å²) in [5.74, 6) is 0.776. The second kappa shape index (κ2) is 7.64. The van der Waals surface area contributed by atoms with Crippen molar-refractivity contribution < 1.29 is 17.9 Å². The topological polar surface area (TPSA) is 90.7 Å². The number of benzene rings is 1. The molecule has 0 aliphatic heterocycles. The first kappa shape index (κ1) is 20.5. The van der Waals surface area contributed by atoms with Gasteiger partial charge in [-0.15, -0.1) is 12.4 Å². The Morgan fingerprint density at radius 3 is 2.14 bits per heavy atom. The van der Waals surface area contributed by atoms with Gasteiger partial charge in [-0.3, -0.25) is 0 Å². The molecule has 0 heterocycles. The average molecular weight is 404 g/mol. The van der Waals surface area contributed by atoms with E-state index in [-0.39, 0.29) is 23.8 Å². The Labute approximate surface area is 140 Å². The molecule has 0 atom stereocenters. The molecule has 0 aromatic heterocycles. The van der Waals surface area contributed by atoms with Gasteiger partial charge in [-0.1, -0.05) is 0 Å². The third-order valence-electron chi connectivity index (χ3n) is 2.65. The SMILES string of the molecule is COc1cc(Br)c(S(=O)(=O)NC(C)(C)CN)cc1OC.Cl. The van der Waals surface area contributed by atoms with Crippen molar-refractivity contribution in [3.8, 4) is 11.5 Å². The Bertz CT molecular complexity index is 593. The Balaban J connectivity index is 0.00000400. The van der Waals surface area contributed by atoms with E-state index < -0.39 is 15.6 Å². The molecule has 6 nitrogen and oxygen atoms in total. The van der Waals surface area contributed by atoms with Gasteiger partial charge in [-0.25, -0.2) is 13.1 Å². The van der Waals surface area contributed by atoms with E-state index in [0.29, 0.717) is 16.0 Å². The van der Waals surface area contributed by atoms with Crippen LogP contribution in [-0.2, 0) is 10.0 Å². The highest BCUT2D eigenvalue weighted by Crippen LogP contribution is 2.35. The van der Waals surface area contributed by atoms with Gasteiger partial charge >= 0.3 is 0 Å². The summed E-state index contributed by atoms with van der Waals surface area (Å²) in [4.78, 5) is 0.0664. The van der Waals surface area contributed by atoms with E-state index in [4.69, 9.17) is 15.2 Å². The third kappa shape index (κ3) is 5.00. The highest BCUT2D eigenvalue weighted by molar-refractivity contribution is 9.10. The summed E-state index contributed by atoms with van der Waals surface area (Å²) in [6.07, 6.45) is 0. The van der Waals surface area contributed by atoms with Crippen LogP contribution in [0.5, 0.6) is 11.5 Å². The van der Waals surface area contributed by atoms with E-state index in [2.05, 4.69) is 20.7 Å². The van der Waals surface area contributed by atoms with Crippen LogP contribution in [-0.4, -0.2) is 34.7 Å². The molecular formula is C12H20BrClN2O4S. The van der Waals surface area contributed by atoms with Gasteiger partial charge in [0, 0.05) is 22.6 Å². The lowest BCUT2D eigenvalue weighted by Gasteiger charge is -2.24. The summed E-state index contributed by atoms with van der Waals surface area (Å²) in [5.41, 5.74) is 4.80. The second-order valence-corrected chi connectivity index (χ2v) is 7.34. The van der Waals surface area contributed by atoms with Crippen LogP contribution in [0.4, 0.5) is 0 Å². The van der Waals surface area contributed by atoms with Crippen molar-refractivity contribution in [1.29, 1.82) is 0 Å². The van der Waals surface area contributed by atoms with E-state index in [1.165, 1.54) is 20.3 Å². The minimum absolute atomic E-state index is 0. The number of nitrogens with two attached hydrogens (primary N) is 1. The molecule has 0 spiro atoms. The monoisotopic (exact) mass is 402 g/mol. The first-order chi connectivity index (χ1) is 9.16. The second-order valence-electron chi connectivity index (χ2n) is 4.83. The van der Waals surface area contributed by atoms with Gasteiger partial charge in [-0.2, -0.15) is 0 Å². The molecule has 3 N–H and O–H groups in total. The zero-order chi connectivity index (χ0) is 15.6. The molecule has 0 bridgehead atoms. The summed E-state index contributed by atoms with van der Waals surface area (Å²) in [6, 6.07) is 2.95. The van der Waals surface area contributed by atoms with E-state index >= 15 is 0 Å². The molecule has 1 aromatic rings. The van der Waals surface area contributed by atoms with Crippen molar-refractivity contribution >= 4 is 38.4 Å². The number of hydrogen-bond acceptors (Lipinski definition) is 5. The van der Waals surface area contributed by atoms with Gasteiger partial charge in [0.25, 0.3) is 0 Å². The lowest BCUT2D eigenvalue weighted by molar-refractivity contribution is 0.353. The number of sulfonamides is 1. The smallest absolute Gasteiger partial charge is 0.242 e. The fourth-order valence-electron chi connectivity index (χ4n) is 1.50. The van der Waals surface area contributed by atoms with E-state index in [1.807, 2.05) is 0 Å². The zero-order valence-corrected chi connectivity index (χ0v) is 15.5. The minimum atomic E-state index is -3.73. The molecule has 0 radical (unpaired) electrons. The van der Waals surface area contributed by atoms with Crippen LogP contribution in [0.3, 0.4) is 0 Å². The summed E-state index contributed by atoms with van der Waals surface area (Å²) in [7, 11) is -0.806. The van der Waals surface area contributed by atoms with E-state index in [0.717, 1.165) is 0 Å². The van der Waals surface area contributed by atoms with Crippen LogP contribution in [0.25, 0.3) is 0 Å². The first-order valence-electron chi connectivity index (χ1n) is 5.82. The maximum Gasteiger partial charge on any atom is 0.242 e. The average Bonchev–Trinajstić information content (AvgIpc) is 2.36. The van der Waals surface area contributed by atoms with Crippen LogP contribution in [0.15, 0.2) is 21.5 Å². The lowest BCUT2D eigenvalue weighted by atomic mass is 10.1. The lowest BCUT2D eigenvalue weighted by Crippen LogP contribution is -2.48. The van der Waals surface area contributed by atoms with Crippen LogP contribution >= 0.6 is 28.3 Å². The van der Waals surface area contributed by atoms with Gasteiger partial charge in [0.15, 0.2) is 11.5 Å². The molecular weight excluding hydrogens is 384 g/mol. The maximum atomic E-state index is 12.4. The highest BCUT2D eigenvalue weighted by Gasteiger charge is 2.27. The molecule has 0 unspecified atom stereocenters. The molecule has 0 amide bonds. The zero-order valence-electron chi connectivity index (χ0n) is 12.3. The molecule has 0 aliphatic rings. The molecule has 0 aliphatic carbocycles. The summed E-state index contributed by atoms with van der Waals surface area (Å²) in [5, 5.41) is 0. The van der Waals surface area contributed by atoms with E-state index in [1.54, 1.807) is 19.9 Å². The van der Waals surface area contributed by atoms with Crippen molar-refractivity contribution in [3.63, 3.8) is 0 Å². The van der Waals surface area contributed by atoms with Crippen LogP contribution < -0.4 is 19.9 Å². The maximum absolute atomic E-state index is 12.4. The first-order valence-corrected chi connectivity index (χ1v) is 8.10. The fourth-order valence-corrected chi connectivity index (χ4v) is 3.96. The summed E-state index contributed by atoms with van der Waals surface area (Å²) < 4.78 is 38.0. The van der Waals surface area contributed by atoms with Crippen molar-refractivity contribution in [2.75, 3.05) is 20.8 Å². The quantitative estimate of drug-likeness (QED) is 0.757. The molecule has 9 heteroatoms. The predicted molar refractivity (Wildman–Crippen MR) is 87.9 cm³/mol. The number of methoxy groups -OCH3 is 2. The van der Waals surface area contributed by atoms with Crippen molar-refractivity contribution in [1.82, 2.24) is 4.72 Å². The molecule has 1 rings (SSSR count). The Morgan fingerprint density at radius 2 is 1.71 bits per heavy atom. The number of rotatable bonds is 6. The van der Waals surface area contributed by atoms with Crippen molar-refractivity contribution in [3.05, 3.63) is 16.6 Å². The van der Waals surface area contributed by atoms with Crippen molar-refractivity contribution in [2.45, 2.75) is 24.3 Å². The van der Waals surface area contributed by atoms with Gasteiger partial charge in [-0.05, 0) is 35.8 Å². The van der Waals surface area contributed by atoms with Gasteiger partial charge in [0.2, 0.25) is 10.0 Å².